The Morgan fingerprint density at radius 2 is 1.30 bits per heavy atom. The SMILES string of the molecule is CCCCCCCCCCCCCC(=O)NCCC[N+](C)(C)[O-]. The molecule has 4 heteroatoms. The van der Waals surface area contributed by atoms with E-state index < -0.39 is 0 Å². The van der Waals surface area contributed by atoms with Crippen LogP contribution in [0.15, 0.2) is 0 Å². The fourth-order valence-corrected chi connectivity index (χ4v) is 2.73. The zero-order valence-electron chi connectivity index (χ0n) is 15.9. The molecule has 0 aromatic heterocycles. The lowest BCUT2D eigenvalue weighted by atomic mass is 10.1. The third-order valence-electron chi connectivity index (χ3n) is 4.20. The maximum absolute atomic E-state index is 11.6. The lowest BCUT2D eigenvalue weighted by Gasteiger charge is -2.33. The summed E-state index contributed by atoms with van der Waals surface area (Å²) in [5, 5.41) is 14.3. The van der Waals surface area contributed by atoms with E-state index in [9.17, 15) is 10.0 Å². The van der Waals surface area contributed by atoms with E-state index in [0.29, 0.717) is 19.5 Å². The number of hydroxylamine groups is 3. The molecular formula is C19H40N2O2. The third-order valence-corrected chi connectivity index (χ3v) is 4.20. The molecule has 1 amide bonds. The zero-order chi connectivity index (χ0) is 17.4. The normalized spacial score (nSPS) is 11.7. The van der Waals surface area contributed by atoms with Gasteiger partial charge in [-0.1, -0.05) is 71.1 Å². The summed E-state index contributed by atoms with van der Waals surface area (Å²) in [5.41, 5.74) is 0. The highest BCUT2D eigenvalue weighted by atomic mass is 16.5. The van der Waals surface area contributed by atoms with Gasteiger partial charge in [-0.3, -0.25) is 4.79 Å². The van der Waals surface area contributed by atoms with E-state index in [1.807, 2.05) is 0 Å². The summed E-state index contributed by atoms with van der Waals surface area (Å²) < 4.78 is -0.283. The van der Waals surface area contributed by atoms with Gasteiger partial charge < -0.3 is 15.2 Å². The Morgan fingerprint density at radius 3 is 1.78 bits per heavy atom. The molecule has 0 bridgehead atoms. The molecule has 23 heavy (non-hydrogen) atoms. The van der Waals surface area contributed by atoms with Crippen LogP contribution in [-0.2, 0) is 4.79 Å². The van der Waals surface area contributed by atoms with E-state index in [-0.39, 0.29) is 10.6 Å². The quantitative estimate of drug-likeness (QED) is 0.252. The van der Waals surface area contributed by atoms with E-state index >= 15 is 0 Å². The number of hydrogen-bond donors (Lipinski definition) is 1. The Balaban J connectivity index is 3.20. The maximum Gasteiger partial charge on any atom is 0.219 e. The molecule has 0 fully saturated rings. The summed E-state index contributed by atoms with van der Waals surface area (Å²) in [4.78, 5) is 11.6. The molecule has 0 aromatic carbocycles. The number of nitrogens with zero attached hydrogens (tertiary/aromatic N) is 1. The van der Waals surface area contributed by atoms with Crippen molar-refractivity contribution >= 4 is 5.91 Å². The second-order valence-electron chi connectivity index (χ2n) is 7.29. The molecule has 4 nitrogen and oxygen atoms in total. The van der Waals surface area contributed by atoms with Crippen LogP contribution in [0, 0.1) is 5.21 Å². The van der Waals surface area contributed by atoms with Crippen molar-refractivity contribution in [2.45, 2.75) is 90.4 Å². The average molecular weight is 329 g/mol. The van der Waals surface area contributed by atoms with Gasteiger partial charge in [0.05, 0.1) is 20.6 Å². The first-order valence-electron chi connectivity index (χ1n) is 9.76. The van der Waals surface area contributed by atoms with Crippen LogP contribution in [0.1, 0.15) is 90.4 Å². The molecule has 0 spiro atoms. The van der Waals surface area contributed by atoms with Crippen molar-refractivity contribution in [3.63, 3.8) is 0 Å². The third kappa shape index (κ3) is 19.3. The number of quaternary nitrogens is 1. The predicted octanol–water partition coefficient (Wildman–Crippen LogP) is 4.77. The smallest absolute Gasteiger partial charge is 0.219 e. The lowest BCUT2D eigenvalue weighted by molar-refractivity contribution is -0.840. The van der Waals surface area contributed by atoms with Crippen molar-refractivity contribution < 1.29 is 9.44 Å². The van der Waals surface area contributed by atoms with Crippen molar-refractivity contribution in [3.05, 3.63) is 5.21 Å². The minimum Gasteiger partial charge on any atom is -0.633 e. The van der Waals surface area contributed by atoms with Crippen LogP contribution < -0.4 is 5.32 Å². The molecule has 0 rings (SSSR count). The van der Waals surface area contributed by atoms with E-state index in [1.54, 1.807) is 14.1 Å². The van der Waals surface area contributed by atoms with Crippen LogP contribution in [0.2, 0.25) is 0 Å². The Bertz CT molecular complexity index is 275. The van der Waals surface area contributed by atoms with E-state index in [2.05, 4.69) is 12.2 Å². The monoisotopic (exact) mass is 328 g/mol. The average Bonchev–Trinajstić information content (AvgIpc) is 2.48. The number of amides is 1. The van der Waals surface area contributed by atoms with Gasteiger partial charge in [0.1, 0.15) is 0 Å². The van der Waals surface area contributed by atoms with Gasteiger partial charge in [0.2, 0.25) is 5.91 Å². The largest absolute Gasteiger partial charge is 0.633 e. The molecule has 138 valence electrons. The standard InChI is InChI=1S/C19H40N2O2/c1-4-5-6-7-8-9-10-11-12-13-14-16-19(22)20-17-15-18-21(2,3)23/h4-18H2,1-3H3,(H,20,22). The number of hydrogen-bond acceptors (Lipinski definition) is 2. The Morgan fingerprint density at radius 1 is 0.826 bits per heavy atom. The summed E-state index contributed by atoms with van der Waals surface area (Å²) in [6.45, 7) is 3.44. The van der Waals surface area contributed by atoms with Gasteiger partial charge in [0, 0.05) is 19.4 Å². The number of nitrogens with one attached hydrogen (secondary N) is 1. The molecule has 0 aromatic rings. The summed E-state index contributed by atoms with van der Waals surface area (Å²) >= 11 is 0. The molecule has 0 radical (unpaired) electrons. The van der Waals surface area contributed by atoms with Crippen LogP contribution in [0.25, 0.3) is 0 Å². The van der Waals surface area contributed by atoms with E-state index in [0.717, 1.165) is 19.3 Å². The van der Waals surface area contributed by atoms with Crippen LogP contribution in [0.5, 0.6) is 0 Å². The van der Waals surface area contributed by atoms with Gasteiger partial charge in [0.15, 0.2) is 0 Å². The minimum absolute atomic E-state index is 0.136. The van der Waals surface area contributed by atoms with Gasteiger partial charge in [-0.05, 0) is 6.42 Å². The highest BCUT2D eigenvalue weighted by Gasteiger charge is 2.03. The summed E-state index contributed by atoms with van der Waals surface area (Å²) in [5.74, 6) is 0.136. The molecule has 1 N–H and O–H groups in total. The zero-order valence-corrected chi connectivity index (χ0v) is 15.9. The van der Waals surface area contributed by atoms with E-state index in [4.69, 9.17) is 0 Å². The van der Waals surface area contributed by atoms with Gasteiger partial charge >= 0.3 is 0 Å². The number of carbonyl (C=O) groups excluding carboxylic acids is 1. The molecule has 0 heterocycles. The molecular weight excluding hydrogens is 288 g/mol. The highest BCUT2D eigenvalue weighted by molar-refractivity contribution is 5.75. The molecule has 0 saturated carbocycles. The fourth-order valence-electron chi connectivity index (χ4n) is 2.73. The highest BCUT2D eigenvalue weighted by Crippen LogP contribution is 2.11. The minimum atomic E-state index is -0.283. The fraction of sp³-hybridized carbons (Fsp3) is 0.947. The van der Waals surface area contributed by atoms with Crippen molar-refractivity contribution in [2.75, 3.05) is 27.2 Å². The van der Waals surface area contributed by atoms with Gasteiger partial charge in [-0.25, -0.2) is 0 Å². The molecule has 0 atom stereocenters. The van der Waals surface area contributed by atoms with Crippen LogP contribution in [0.4, 0.5) is 0 Å². The van der Waals surface area contributed by atoms with Crippen molar-refractivity contribution in [1.82, 2.24) is 5.32 Å². The molecule has 0 aliphatic heterocycles. The van der Waals surface area contributed by atoms with Crippen molar-refractivity contribution in [3.8, 4) is 0 Å². The van der Waals surface area contributed by atoms with E-state index in [1.165, 1.54) is 57.8 Å². The first-order valence-corrected chi connectivity index (χ1v) is 9.76. The van der Waals surface area contributed by atoms with Crippen LogP contribution in [0.3, 0.4) is 0 Å². The Labute approximate surface area is 144 Å². The summed E-state index contributed by atoms with van der Waals surface area (Å²) in [6.07, 6.45) is 15.7. The lowest BCUT2D eigenvalue weighted by Crippen LogP contribution is -2.35. The summed E-state index contributed by atoms with van der Waals surface area (Å²) in [6, 6.07) is 0. The summed E-state index contributed by atoms with van der Waals surface area (Å²) in [7, 11) is 3.26. The van der Waals surface area contributed by atoms with Gasteiger partial charge in [-0.15, -0.1) is 0 Å². The molecule has 0 aliphatic carbocycles. The molecule has 0 saturated heterocycles. The van der Waals surface area contributed by atoms with Crippen molar-refractivity contribution in [2.24, 2.45) is 0 Å². The second-order valence-corrected chi connectivity index (χ2v) is 7.29. The van der Waals surface area contributed by atoms with Gasteiger partial charge in [-0.2, -0.15) is 0 Å². The Hall–Kier alpha value is -0.610. The first kappa shape index (κ1) is 22.4. The van der Waals surface area contributed by atoms with Crippen molar-refractivity contribution in [1.29, 1.82) is 0 Å². The number of carbonyl (C=O) groups is 1. The van der Waals surface area contributed by atoms with Gasteiger partial charge in [0.25, 0.3) is 0 Å². The maximum atomic E-state index is 11.6. The first-order chi connectivity index (χ1) is 11.0. The number of unbranched alkanes of at least 4 members (excludes halogenated alkanes) is 10. The second kappa shape index (κ2) is 14.9. The predicted molar refractivity (Wildman–Crippen MR) is 99.0 cm³/mol. The number of rotatable bonds is 16. The molecule has 0 unspecified atom stereocenters. The van der Waals surface area contributed by atoms with Crippen LogP contribution in [-0.4, -0.2) is 37.7 Å². The topological polar surface area (TPSA) is 52.2 Å². The Kier molecular flexibility index (Phi) is 14.6. The van der Waals surface area contributed by atoms with Crippen LogP contribution >= 0.6 is 0 Å². The molecule has 0 aliphatic rings.